The lowest BCUT2D eigenvalue weighted by atomic mass is 9.75. The van der Waals surface area contributed by atoms with Crippen molar-refractivity contribution in [2.45, 2.75) is 77.0 Å². The maximum absolute atomic E-state index is 11.1. The lowest BCUT2D eigenvalue weighted by molar-refractivity contribution is -0.128. The van der Waals surface area contributed by atoms with Gasteiger partial charge in [0, 0.05) is 24.7 Å². The number of Topliss-reactive ketones (excluding diaryl/α,β-unsaturated/α-hetero) is 2. The van der Waals surface area contributed by atoms with E-state index in [0.717, 1.165) is 25.7 Å². The molecule has 120 valence electrons. The van der Waals surface area contributed by atoms with Crippen molar-refractivity contribution in [1.29, 1.82) is 0 Å². The van der Waals surface area contributed by atoms with E-state index in [-0.39, 0.29) is 0 Å². The highest BCUT2D eigenvalue weighted by atomic mass is 16.1. The topological polar surface area (TPSA) is 34.1 Å². The van der Waals surface area contributed by atoms with E-state index >= 15 is 0 Å². The Morgan fingerprint density at radius 2 is 1.09 bits per heavy atom. The largest absolute Gasteiger partial charge is 0.299 e. The predicted molar refractivity (Wildman–Crippen MR) is 88.6 cm³/mol. The SMILES string of the molecule is O=C1CC[C@@H]1C1=CCCCC1.O=C1CC[C@H]1C1=CCCCC1. The average molecular weight is 300 g/mol. The third kappa shape index (κ3) is 3.59. The van der Waals surface area contributed by atoms with Crippen LogP contribution in [-0.2, 0) is 9.59 Å². The van der Waals surface area contributed by atoms with E-state index in [1.54, 1.807) is 0 Å². The number of carbonyl (C=O) groups excluding carboxylic acids is 2. The molecule has 2 saturated carbocycles. The summed E-state index contributed by atoms with van der Waals surface area (Å²) < 4.78 is 0. The zero-order valence-corrected chi connectivity index (χ0v) is 13.6. The molecule has 0 radical (unpaired) electrons. The Labute approximate surface area is 134 Å². The molecule has 4 aliphatic rings. The van der Waals surface area contributed by atoms with Crippen LogP contribution in [0.3, 0.4) is 0 Å². The molecule has 2 nitrogen and oxygen atoms in total. The van der Waals surface area contributed by atoms with Crippen LogP contribution in [0, 0.1) is 11.8 Å². The number of allylic oxidation sites excluding steroid dienone is 4. The van der Waals surface area contributed by atoms with Gasteiger partial charge in [-0.1, -0.05) is 23.3 Å². The van der Waals surface area contributed by atoms with E-state index in [1.165, 1.54) is 62.5 Å². The summed E-state index contributed by atoms with van der Waals surface area (Å²) in [6.07, 6.45) is 18.6. The van der Waals surface area contributed by atoms with E-state index in [1.807, 2.05) is 0 Å². The summed E-state index contributed by atoms with van der Waals surface area (Å²) in [7, 11) is 0. The summed E-state index contributed by atoms with van der Waals surface area (Å²) in [6, 6.07) is 0. The predicted octanol–water partition coefficient (Wildman–Crippen LogP) is 4.93. The molecule has 0 unspecified atom stereocenters. The molecular weight excluding hydrogens is 272 g/mol. The van der Waals surface area contributed by atoms with Gasteiger partial charge in [0.1, 0.15) is 11.6 Å². The first-order valence-electron chi connectivity index (χ1n) is 9.19. The fourth-order valence-electron chi connectivity index (χ4n) is 3.96. The van der Waals surface area contributed by atoms with Crippen molar-refractivity contribution < 1.29 is 9.59 Å². The monoisotopic (exact) mass is 300 g/mol. The molecule has 2 atom stereocenters. The van der Waals surface area contributed by atoms with Crippen molar-refractivity contribution in [3.63, 3.8) is 0 Å². The van der Waals surface area contributed by atoms with Crippen LogP contribution in [0.2, 0.25) is 0 Å². The normalized spacial score (nSPS) is 31.1. The Hall–Kier alpha value is -1.18. The second kappa shape index (κ2) is 7.39. The molecule has 0 spiro atoms. The standard InChI is InChI=1S/2C10H14O/c2*11-10-7-6-9(10)8-4-2-1-3-5-8/h2*4,9H,1-3,5-7H2/t2*9-/m10/s1. The lowest BCUT2D eigenvalue weighted by Gasteiger charge is -2.28. The van der Waals surface area contributed by atoms with Gasteiger partial charge < -0.3 is 0 Å². The Balaban J connectivity index is 0.000000131. The van der Waals surface area contributed by atoms with Gasteiger partial charge in [-0.15, -0.1) is 0 Å². The summed E-state index contributed by atoms with van der Waals surface area (Å²) in [6.45, 7) is 0. The Morgan fingerprint density at radius 1 is 0.636 bits per heavy atom. The fourth-order valence-corrected chi connectivity index (χ4v) is 3.96. The van der Waals surface area contributed by atoms with Gasteiger partial charge in [0.15, 0.2) is 0 Å². The van der Waals surface area contributed by atoms with Crippen LogP contribution in [0.25, 0.3) is 0 Å². The molecule has 0 bridgehead atoms. The third-order valence-electron chi connectivity index (χ3n) is 5.68. The van der Waals surface area contributed by atoms with Crippen molar-refractivity contribution in [3.8, 4) is 0 Å². The highest BCUT2D eigenvalue weighted by Crippen LogP contribution is 2.35. The summed E-state index contributed by atoms with van der Waals surface area (Å²) in [4.78, 5) is 22.2. The van der Waals surface area contributed by atoms with Crippen LogP contribution in [0.4, 0.5) is 0 Å². The van der Waals surface area contributed by atoms with E-state index in [9.17, 15) is 9.59 Å². The van der Waals surface area contributed by atoms with Crippen LogP contribution in [0.1, 0.15) is 77.0 Å². The summed E-state index contributed by atoms with van der Waals surface area (Å²) in [5, 5.41) is 0. The van der Waals surface area contributed by atoms with Gasteiger partial charge in [0.05, 0.1) is 0 Å². The molecule has 0 amide bonds. The molecule has 0 aromatic heterocycles. The van der Waals surface area contributed by atoms with Gasteiger partial charge in [-0.3, -0.25) is 9.59 Å². The zero-order valence-electron chi connectivity index (χ0n) is 13.6. The van der Waals surface area contributed by atoms with Gasteiger partial charge >= 0.3 is 0 Å². The molecule has 0 aliphatic heterocycles. The first-order valence-corrected chi connectivity index (χ1v) is 9.19. The van der Waals surface area contributed by atoms with Crippen LogP contribution >= 0.6 is 0 Å². The smallest absolute Gasteiger partial charge is 0.140 e. The van der Waals surface area contributed by atoms with E-state index in [2.05, 4.69) is 12.2 Å². The second-order valence-corrected chi connectivity index (χ2v) is 7.16. The molecule has 0 heterocycles. The number of hydrogen-bond acceptors (Lipinski definition) is 2. The summed E-state index contributed by atoms with van der Waals surface area (Å²) in [5.74, 6) is 1.68. The highest BCUT2D eigenvalue weighted by Gasteiger charge is 2.31. The van der Waals surface area contributed by atoms with Crippen LogP contribution in [0.15, 0.2) is 23.3 Å². The molecule has 22 heavy (non-hydrogen) atoms. The van der Waals surface area contributed by atoms with Crippen LogP contribution in [-0.4, -0.2) is 11.6 Å². The Bertz CT molecular complexity index is 452. The first kappa shape index (κ1) is 15.7. The summed E-state index contributed by atoms with van der Waals surface area (Å²) >= 11 is 0. The Kier molecular flexibility index (Phi) is 5.28. The highest BCUT2D eigenvalue weighted by molar-refractivity contribution is 5.89. The van der Waals surface area contributed by atoms with Gasteiger partial charge in [0.25, 0.3) is 0 Å². The molecule has 2 fully saturated rings. The van der Waals surface area contributed by atoms with Crippen molar-refractivity contribution >= 4 is 11.6 Å². The number of hydrogen-bond donors (Lipinski definition) is 0. The van der Waals surface area contributed by atoms with Crippen LogP contribution in [0.5, 0.6) is 0 Å². The number of rotatable bonds is 2. The first-order chi connectivity index (χ1) is 10.8. The van der Waals surface area contributed by atoms with E-state index in [0.29, 0.717) is 23.4 Å². The van der Waals surface area contributed by atoms with Gasteiger partial charge in [0.2, 0.25) is 0 Å². The summed E-state index contributed by atoms with van der Waals surface area (Å²) in [5.41, 5.74) is 2.90. The van der Waals surface area contributed by atoms with E-state index < -0.39 is 0 Å². The van der Waals surface area contributed by atoms with E-state index in [4.69, 9.17) is 0 Å². The van der Waals surface area contributed by atoms with Crippen molar-refractivity contribution in [2.75, 3.05) is 0 Å². The second-order valence-electron chi connectivity index (χ2n) is 7.16. The van der Waals surface area contributed by atoms with Gasteiger partial charge in [-0.25, -0.2) is 0 Å². The number of ketones is 2. The third-order valence-corrected chi connectivity index (χ3v) is 5.68. The molecule has 0 N–H and O–H groups in total. The van der Waals surface area contributed by atoms with Crippen molar-refractivity contribution in [2.24, 2.45) is 11.8 Å². The minimum atomic E-state index is 0.357. The minimum Gasteiger partial charge on any atom is -0.299 e. The van der Waals surface area contributed by atoms with Gasteiger partial charge in [-0.05, 0) is 64.2 Å². The van der Waals surface area contributed by atoms with Crippen molar-refractivity contribution in [3.05, 3.63) is 23.3 Å². The molecule has 4 aliphatic carbocycles. The van der Waals surface area contributed by atoms with Crippen molar-refractivity contribution in [1.82, 2.24) is 0 Å². The molecule has 0 saturated heterocycles. The zero-order chi connectivity index (χ0) is 15.4. The number of carbonyl (C=O) groups is 2. The van der Waals surface area contributed by atoms with Gasteiger partial charge in [-0.2, -0.15) is 0 Å². The minimum absolute atomic E-state index is 0.357. The molecular formula is C20H28O2. The quantitative estimate of drug-likeness (QED) is 0.677. The van der Waals surface area contributed by atoms with Crippen LogP contribution < -0.4 is 0 Å². The molecule has 4 rings (SSSR count). The molecule has 2 heteroatoms. The molecule has 0 aromatic rings. The lowest BCUT2D eigenvalue weighted by Crippen LogP contribution is -2.27. The maximum atomic E-state index is 11.1. The maximum Gasteiger partial charge on any atom is 0.140 e. The molecule has 0 aromatic carbocycles. The fraction of sp³-hybridized carbons (Fsp3) is 0.700. The average Bonchev–Trinajstić information content (AvgIpc) is 2.54. The Morgan fingerprint density at radius 3 is 1.32 bits per heavy atom.